The Morgan fingerprint density at radius 3 is 2.05 bits per heavy atom. The SMILES string of the molecule is [2H]c1c([2H])c([2H])c2c(-c3cc(-c4ccc5oc6ccccc6c5c4)cc(-c4cc(-c5ccc6c(c5)C(C)(C)c5ccccc5-6)nc(-c5ccccc5)n4)c3)c([2H])c([2H])c([2H])c2c1[2H]. The number of nitrogens with zero attached hydrogens (tertiary/aromatic N) is 2. The number of para-hydroxylation sites is 1. The van der Waals surface area contributed by atoms with Crippen LogP contribution in [0.2, 0.25) is 0 Å². The summed E-state index contributed by atoms with van der Waals surface area (Å²) in [5.41, 5.74) is 12.0. The first-order valence-electron chi connectivity index (χ1n) is 22.2. The summed E-state index contributed by atoms with van der Waals surface area (Å²) in [5.74, 6) is 0.511. The van der Waals surface area contributed by atoms with Crippen LogP contribution in [-0.2, 0) is 5.41 Å². The van der Waals surface area contributed by atoms with Crippen molar-refractivity contribution in [2.75, 3.05) is 0 Å². The summed E-state index contributed by atoms with van der Waals surface area (Å²) >= 11 is 0. The molecule has 0 radical (unpaired) electrons. The second-order valence-electron chi connectivity index (χ2n) is 14.9. The van der Waals surface area contributed by atoms with E-state index in [-0.39, 0.29) is 33.8 Å². The zero-order valence-corrected chi connectivity index (χ0v) is 30.6. The van der Waals surface area contributed by atoms with Gasteiger partial charge < -0.3 is 4.42 Å². The Morgan fingerprint density at radius 2 is 1.14 bits per heavy atom. The largest absolute Gasteiger partial charge is 0.456 e. The fourth-order valence-electron chi connectivity index (χ4n) is 8.34. The van der Waals surface area contributed by atoms with E-state index in [4.69, 9.17) is 22.6 Å². The maximum absolute atomic E-state index is 9.31. The summed E-state index contributed by atoms with van der Waals surface area (Å²) < 4.78 is 68.2. The van der Waals surface area contributed by atoms with Crippen LogP contribution in [0.4, 0.5) is 0 Å². The average molecular weight is 724 g/mol. The van der Waals surface area contributed by atoms with Crippen LogP contribution in [-0.4, -0.2) is 9.97 Å². The molecular weight excluding hydrogens is 681 g/mol. The van der Waals surface area contributed by atoms with Gasteiger partial charge in [0.25, 0.3) is 0 Å². The molecule has 0 fully saturated rings. The van der Waals surface area contributed by atoms with Crippen molar-refractivity contribution in [2.24, 2.45) is 0 Å². The third kappa shape index (κ3) is 5.20. The van der Waals surface area contributed by atoms with Crippen LogP contribution in [0, 0.1) is 0 Å². The summed E-state index contributed by atoms with van der Waals surface area (Å²) in [6, 6.07) is 43.4. The molecule has 0 amide bonds. The highest BCUT2D eigenvalue weighted by molar-refractivity contribution is 6.06. The van der Waals surface area contributed by atoms with Crippen LogP contribution < -0.4 is 0 Å². The van der Waals surface area contributed by atoms with Gasteiger partial charge >= 0.3 is 0 Å². The number of aromatic nitrogens is 2. The summed E-state index contributed by atoms with van der Waals surface area (Å²) in [7, 11) is 0. The summed E-state index contributed by atoms with van der Waals surface area (Å²) in [6.07, 6.45) is 0. The van der Waals surface area contributed by atoms with Gasteiger partial charge in [-0.25, -0.2) is 9.97 Å². The molecule has 0 aliphatic heterocycles. The van der Waals surface area contributed by atoms with E-state index in [0.717, 1.165) is 44.2 Å². The number of furan rings is 1. The van der Waals surface area contributed by atoms with E-state index in [1.165, 1.54) is 22.3 Å². The zero-order chi connectivity index (χ0) is 43.5. The van der Waals surface area contributed by atoms with Crippen LogP contribution in [0.1, 0.15) is 34.6 Å². The van der Waals surface area contributed by atoms with Gasteiger partial charge in [0.05, 0.1) is 21.0 Å². The molecule has 0 atom stereocenters. The monoisotopic (exact) mass is 723 g/mol. The molecule has 0 saturated carbocycles. The summed E-state index contributed by atoms with van der Waals surface area (Å²) in [5, 5.41) is 1.79. The first-order valence-corrected chi connectivity index (χ1v) is 18.7. The quantitative estimate of drug-likeness (QED) is 0.177. The second kappa shape index (κ2) is 12.5. The molecule has 0 bridgehead atoms. The molecule has 56 heavy (non-hydrogen) atoms. The molecule has 8 aromatic carbocycles. The van der Waals surface area contributed by atoms with E-state index in [2.05, 4.69) is 62.4 Å². The van der Waals surface area contributed by atoms with Crippen molar-refractivity contribution >= 4 is 32.7 Å². The van der Waals surface area contributed by atoms with E-state index in [1.54, 1.807) is 0 Å². The smallest absolute Gasteiger partial charge is 0.160 e. The lowest BCUT2D eigenvalue weighted by Crippen LogP contribution is -2.14. The number of rotatable bonds is 5. The van der Waals surface area contributed by atoms with Crippen LogP contribution in [0.5, 0.6) is 0 Å². The molecule has 3 heteroatoms. The van der Waals surface area contributed by atoms with E-state index in [0.29, 0.717) is 28.3 Å². The van der Waals surface area contributed by atoms with Crippen LogP contribution in [0.3, 0.4) is 0 Å². The van der Waals surface area contributed by atoms with Gasteiger partial charge in [0.15, 0.2) is 5.82 Å². The van der Waals surface area contributed by atoms with Crippen molar-refractivity contribution in [1.82, 2.24) is 9.97 Å². The predicted octanol–water partition coefficient (Wildman–Crippen LogP) is 14.2. The number of fused-ring (bicyclic) bond motifs is 7. The Labute approximate surface area is 335 Å². The molecule has 11 rings (SSSR count). The van der Waals surface area contributed by atoms with E-state index in [9.17, 15) is 1.37 Å². The lowest BCUT2D eigenvalue weighted by Gasteiger charge is -2.22. The molecule has 0 unspecified atom stereocenters. The first-order chi connectivity index (χ1) is 30.4. The molecule has 264 valence electrons. The Kier molecular flexibility index (Phi) is 5.76. The molecule has 0 N–H and O–H groups in total. The van der Waals surface area contributed by atoms with Gasteiger partial charge in [-0.15, -0.1) is 0 Å². The van der Waals surface area contributed by atoms with Crippen molar-refractivity contribution < 1.29 is 14.0 Å². The van der Waals surface area contributed by atoms with Crippen molar-refractivity contribution in [3.8, 4) is 67.3 Å². The van der Waals surface area contributed by atoms with Crippen molar-refractivity contribution in [1.29, 1.82) is 0 Å². The fraction of sp³-hybridized carbons (Fsp3) is 0.0566. The second-order valence-corrected chi connectivity index (χ2v) is 14.9. The minimum Gasteiger partial charge on any atom is -0.456 e. The fourth-order valence-corrected chi connectivity index (χ4v) is 8.34. The van der Waals surface area contributed by atoms with E-state index < -0.39 is 30.2 Å². The molecular formula is C53H36N2O. The Balaban J connectivity index is 1.19. The Bertz CT molecular complexity index is 3570. The van der Waals surface area contributed by atoms with Gasteiger partial charge in [-0.2, -0.15) is 0 Å². The molecule has 1 aliphatic rings. The maximum Gasteiger partial charge on any atom is 0.160 e. The van der Waals surface area contributed by atoms with Gasteiger partial charge in [-0.1, -0.05) is 147 Å². The van der Waals surface area contributed by atoms with E-state index in [1.807, 2.05) is 91.0 Å². The van der Waals surface area contributed by atoms with Crippen LogP contribution in [0.25, 0.3) is 100.0 Å². The zero-order valence-electron chi connectivity index (χ0n) is 37.6. The Hall–Kier alpha value is -7.10. The number of hydrogen-bond acceptors (Lipinski definition) is 3. The molecule has 0 spiro atoms. The van der Waals surface area contributed by atoms with Crippen LogP contribution in [0.15, 0.2) is 186 Å². The van der Waals surface area contributed by atoms with Gasteiger partial charge in [-0.3, -0.25) is 0 Å². The summed E-state index contributed by atoms with van der Waals surface area (Å²) in [6.45, 7) is 4.50. The van der Waals surface area contributed by atoms with Gasteiger partial charge in [-0.05, 0) is 104 Å². The molecule has 3 nitrogen and oxygen atoms in total. The highest BCUT2D eigenvalue weighted by Crippen LogP contribution is 2.49. The lowest BCUT2D eigenvalue weighted by molar-refractivity contribution is 0.660. The van der Waals surface area contributed by atoms with Gasteiger partial charge in [0, 0.05) is 32.9 Å². The Morgan fingerprint density at radius 1 is 0.446 bits per heavy atom. The highest BCUT2D eigenvalue weighted by Gasteiger charge is 2.35. The predicted molar refractivity (Wildman–Crippen MR) is 232 cm³/mol. The van der Waals surface area contributed by atoms with Gasteiger partial charge in [0.2, 0.25) is 0 Å². The minimum atomic E-state index is -0.500. The number of hydrogen-bond donors (Lipinski definition) is 0. The van der Waals surface area contributed by atoms with E-state index >= 15 is 0 Å². The third-order valence-corrected chi connectivity index (χ3v) is 11.2. The number of benzene rings is 8. The van der Waals surface area contributed by atoms with Gasteiger partial charge in [0.1, 0.15) is 11.2 Å². The molecule has 1 aliphatic carbocycles. The molecule has 10 aromatic rings. The average Bonchev–Trinajstić information content (AvgIpc) is 3.80. The van der Waals surface area contributed by atoms with Crippen molar-refractivity contribution in [3.05, 3.63) is 193 Å². The standard InChI is InChI=1S/C53H36N2O/c1-53(2)46-21-10-8-18-42(46)43-25-23-36(31-47(43)53)48-32-49(55-52(54-48)34-14-4-3-5-15-34)39-28-37(27-38(29-39)41-20-12-16-33-13-6-7-17-40(33)41)35-24-26-51-45(30-35)44-19-9-11-22-50(44)56-51/h3-32H,1-2H3/i6D,7D,12D,13D,16D,17D,20D. The summed E-state index contributed by atoms with van der Waals surface area (Å²) in [4.78, 5) is 10.4. The normalized spacial score (nSPS) is 14.7. The molecule has 0 saturated heterocycles. The van der Waals surface area contributed by atoms with Crippen molar-refractivity contribution in [2.45, 2.75) is 19.3 Å². The molecule has 2 heterocycles. The van der Waals surface area contributed by atoms with Crippen LogP contribution >= 0.6 is 0 Å². The molecule has 2 aromatic heterocycles. The topological polar surface area (TPSA) is 38.9 Å². The lowest BCUT2D eigenvalue weighted by atomic mass is 9.82. The highest BCUT2D eigenvalue weighted by atomic mass is 16.3. The maximum atomic E-state index is 9.31. The third-order valence-electron chi connectivity index (χ3n) is 11.2. The first kappa shape index (κ1) is 25.8. The van der Waals surface area contributed by atoms with Crippen molar-refractivity contribution in [3.63, 3.8) is 0 Å². The minimum absolute atomic E-state index is 0.0153.